The maximum absolute atomic E-state index is 11.0. The summed E-state index contributed by atoms with van der Waals surface area (Å²) in [5.41, 5.74) is 0.572. The van der Waals surface area contributed by atoms with Gasteiger partial charge < -0.3 is 18.7 Å². The van der Waals surface area contributed by atoms with Crippen LogP contribution in [0.3, 0.4) is 0 Å². The molecule has 9 nitrogen and oxygen atoms in total. The number of benzene rings is 2. The molecule has 1 aliphatic rings. The summed E-state index contributed by atoms with van der Waals surface area (Å²) in [5, 5.41) is 14.9. The number of aromatic nitrogens is 2. The van der Waals surface area contributed by atoms with Crippen LogP contribution in [-0.2, 0) is 6.61 Å². The van der Waals surface area contributed by atoms with E-state index in [-0.39, 0.29) is 30.7 Å². The number of nitro benzene ring substituents is 1. The maximum atomic E-state index is 11.0. The Hall–Kier alpha value is -3.62. The lowest BCUT2D eigenvalue weighted by molar-refractivity contribution is -0.386. The Kier molecular flexibility index (Phi) is 3.65. The van der Waals surface area contributed by atoms with E-state index >= 15 is 0 Å². The second kappa shape index (κ2) is 6.11. The first-order valence-corrected chi connectivity index (χ1v) is 7.29. The third-order valence-electron chi connectivity index (χ3n) is 3.51. The van der Waals surface area contributed by atoms with E-state index in [2.05, 4.69) is 10.1 Å². The molecule has 1 aliphatic heterocycles. The van der Waals surface area contributed by atoms with Crippen molar-refractivity contribution in [2.75, 3.05) is 6.79 Å². The maximum Gasteiger partial charge on any atom is 0.310 e. The standard InChI is InChI=1S/C16H11N3O6/c20-19(21)11-3-1-2-4-12(11)22-8-15-17-16(18-25-15)10-5-6-13-14(7-10)24-9-23-13/h1-7H,8-9H2. The van der Waals surface area contributed by atoms with Gasteiger partial charge in [0.05, 0.1) is 4.92 Å². The normalized spacial score (nSPS) is 12.2. The van der Waals surface area contributed by atoms with Crippen LogP contribution in [0.15, 0.2) is 47.0 Å². The quantitative estimate of drug-likeness (QED) is 0.514. The molecular weight excluding hydrogens is 330 g/mol. The summed E-state index contributed by atoms with van der Waals surface area (Å²) in [4.78, 5) is 14.7. The highest BCUT2D eigenvalue weighted by Gasteiger charge is 2.18. The van der Waals surface area contributed by atoms with Crippen molar-refractivity contribution in [2.24, 2.45) is 0 Å². The number of hydrogen-bond acceptors (Lipinski definition) is 8. The average Bonchev–Trinajstić information content (AvgIpc) is 3.28. The topological polar surface area (TPSA) is 110 Å². The van der Waals surface area contributed by atoms with Crippen LogP contribution in [0.25, 0.3) is 11.4 Å². The number of para-hydroxylation sites is 2. The average molecular weight is 341 g/mol. The molecule has 0 saturated carbocycles. The summed E-state index contributed by atoms with van der Waals surface area (Å²) in [6.07, 6.45) is 0. The molecule has 126 valence electrons. The molecule has 0 amide bonds. The molecule has 4 rings (SSSR count). The van der Waals surface area contributed by atoms with Crippen LogP contribution in [-0.4, -0.2) is 21.9 Å². The van der Waals surface area contributed by atoms with Crippen LogP contribution in [0, 0.1) is 10.1 Å². The molecule has 1 aromatic heterocycles. The van der Waals surface area contributed by atoms with Crippen molar-refractivity contribution in [3.05, 3.63) is 58.5 Å². The first-order valence-electron chi connectivity index (χ1n) is 7.29. The SMILES string of the molecule is O=[N+]([O-])c1ccccc1OCc1nc(-c2ccc3c(c2)OCO3)no1. The number of hydrogen-bond donors (Lipinski definition) is 0. The molecular formula is C16H11N3O6. The first-order chi connectivity index (χ1) is 12.2. The fourth-order valence-electron chi connectivity index (χ4n) is 2.34. The second-order valence-electron chi connectivity index (χ2n) is 5.09. The molecule has 0 saturated heterocycles. The molecule has 2 heterocycles. The lowest BCUT2D eigenvalue weighted by Gasteiger charge is -2.03. The third kappa shape index (κ3) is 2.94. The monoisotopic (exact) mass is 341 g/mol. The Labute approximate surface area is 140 Å². The second-order valence-corrected chi connectivity index (χ2v) is 5.09. The molecule has 25 heavy (non-hydrogen) atoms. The van der Waals surface area contributed by atoms with E-state index in [4.69, 9.17) is 18.7 Å². The van der Waals surface area contributed by atoms with Crippen molar-refractivity contribution >= 4 is 5.69 Å². The van der Waals surface area contributed by atoms with Gasteiger partial charge in [0.1, 0.15) is 0 Å². The van der Waals surface area contributed by atoms with Gasteiger partial charge >= 0.3 is 5.69 Å². The molecule has 0 fully saturated rings. The number of fused-ring (bicyclic) bond motifs is 1. The predicted octanol–water partition coefficient (Wildman–Crippen LogP) is 2.95. The molecule has 2 aromatic carbocycles. The molecule has 0 bridgehead atoms. The number of nitrogens with zero attached hydrogens (tertiary/aromatic N) is 3. The van der Waals surface area contributed by atoms with Gasteiger partial charge in [-0.15, -0.1) is 0 Å². The van der Waals surface area contributed by atoms with E-state index in [1.54, 1.807) is 30.3 Å². The van der Waals surface area contributed by atoms with Gasteiger partial charge in [0.2, 0.25) is 12.6 Å². The van der Waals surface area contributed by atoms with Gasteiger partial charge in [-0.2, -0.15) is 4.98 Å². The highest BCUT2D eigenvalue weighted by molar-refractivity contribution is 5.61. The van der Waals surface area contributed by atoms with Crippen LogP contribution >= 0.6 is 0 Å². The van der Waals surface area contributed by atoms with Crippen LogP contribution < -0.4 is 14.2 Å². The van der Waals surface area contributed by atoms with Gasteiger partial charge in [-0.3, -0.25) is 10.1 Å². The minimum absolute atomic E-state index is 0.0809. The molecule has 0 aliphatic carbocycles. The Bertz CT molecular complexity index is 939. The van der Waals surface area contributed by atoms with Gasteiger partial charge in [-0.25, -0.2) is 0 Å². The van der Waals surface area contributed by atoms with Gasteiger partial charge in [0, 0.05) is 11.6 Å². The molecule has 0 atom stereocenters. The summed E-state index contributed by atoms with van der Waals surface area (Å²) >= 11 is 0. The molecule has 0 spiro atoms. The fraction of sp³-hybridized carbons (Fsp3) is 0.125. The van der Waals surface area contributed by atoms with E-state index in [1.807, 2.05) is 0 Å². The Morgan fingerprint density at radius 2 is 2.00 bits per heavy atom. The Morgan fingerprint density at radius 3 is 2.88 bits per heavy atom. The number of ether oxygens (including phenoxy) is 3. The van der Waals surface area contributed by atoms with Crippen LogP contribution in [0.2, 0.25) is 0 Å². The zero-order chi connectivity index (χ0) is 17.2. The first kappa shape index (κ1) is 14.9. The van der Waals surface area contributed by atoms with Crippen molar-refractivity contribution in [1.29, 1.82) is 0 Å². The number of nitro groups is 1. The summed E-state index contributed by atoms with van der Waals surface area (Å²) in [6, 6.07) is 11.4. The van der Waals surface area contributed by atoms with Gasteiger partial charge in [0.25, 0.3) is 5.89 Å². The molecule has 0 radical (unpaired) electrons. The highest BCUT2D eigenvalue weighted by atomic mass is 16.7. The van der Waals surface area contributed by atoms with E-state index in [0.717, 1.165) is 0 Å². The van der Waals surface area contributed by atoms with E-state index < -0.39 is 4.92 Å². The summed E-state index contributed by atoms with van der Waals surface area (Å²) < 4.78 is 21.1. The predicted molar refractivity (Wildman–Crippen MR) is 83.3 cm³/mol. The molecule has 3 aromatic rings. The summed E-state index contributed by atoms with van der Waals surface area (Å²) in [6.45, 7) is 0.0996. The summed E-state index contributed by atoms with van der Waals surface area (Å²) in [7, 11) is 0. The highest BCUT2D eigenvalue weighted by Crippen LogP contribution is 2.35. The van der Waals surface area contributed by atoms with Gasteiger partial charge in [-0.1, -0.05) is 17.3 Å². The molecule has 0 N–H and O–H groups in total. The van der Waals surface area contributed by atoms with Crippen LogP contribution in [0.5, 0.6) is 17.2 Å². The van der Waals surface area contributed by atoms with Gasteiger partial charge in [0.15, 0.2) is 23.9 Å². The van der Waals surface area contributed by atoms with Crippen molar-refractivity contribution in [3.8, 4) is 28.6 Å². The third-order valence-corrected chi connectivity index (χ3v) is 3.51. The van der Waals surface area contributed by atoms with Crippen molar-refractivity contribution in [2.45, 2.75) is 6.61 Å². The van der Waals surface area contributed by atoms with E-state index in [9.17, 15) is 10.1 Å². The van der Waals surface area contributed by atoms with E-state index in [1.165, 1.54) is 12.1 Å². The Morgan fingerprint density at radius 1 is 1.16 bits per heavy atom. The summed E-state index contributed by atoms with van der Waals surface area (Å²) in [5.74, 6) is 1.97. The lowest BCUT2D eigenvalue weighted by atomic mass is 10.2. The van der Waals surface area contributed by atoms with Crippen molar-refractivity contribution < 1.29 is 23.7 Å². The molecule has 0 unspecified atom stereocenters. The van der Waals surface area contributed by atoms with Crippen molar-refractivity contribution in [3.63, 3.8) is 0 Å². The fourth-order valence-corrected chi connectivity index (χ4v) is 2.34. The van der Waals surface area contributed by atoms with Crippen molar-refractivity contribution in [1.82, 2.24) is 10.1 Å². The zero-order valence-corrected chi connectivity index (χ0v) is 12.7. The number of rotatable bonds is 5. The Balaban J connectivity index is 1.50. The lowest BCUT2D eigenvalue weighted by Crippen LogP contribution is -1.99. The largest absolute Gasteiger partial charge is 0.477 e. The van der Waals surface area contributed by atoms with Crippen LogP contribution in [0.1, 0.15) is 5.89 Å². The smallest absolute Gasteiger partial charge is 0.310 e. The van der Waals surface area contributed by atoms with Crippen LogP contribution in [0.4, 0.5) is 5.69 Å². The minimum atomic E-state index is -0.513. The van der Waals surface area contributed by atoms with E-state index in [0.29, 0.717) is 22.9 Å². The van der Waals surface area contributed by atoms with Gasteiger partial charge in [-0.05, 0) is 24.3 Å². The molecule has 9 heteroatoms. The zero-order valence-electron chi connectivity index (χ0n) is 12.7. The minimum Gasteiger partial charge on any atom is -0.477 e.